The van der Waals surface area contributed by atoms with Gasteiger partial charge in [0.15, 0.2) is 0 Å². The number of nitrogens with one attached hydrogen (secondary N) is 1. The van der Waals surface area contributed by atoms with Gasteiger partial charge in [-0.2, -0.15) is 0 Å². The number of ether oxygens (including phenoxy) is 1. The van der Waals surface area contributed by atoms with Crippen molar-refractivity contribution in [3.8, 4) is 5.75 Å². The highest BCUT2D eigenvalue weighted by molar-refractivity contribution is 5.36. The first-order valence-electron chi connectivity index (χ1n) is 6.24. The SMILES string of the molecule is CCCNC(C)c1ccc(F)cc1OC(C)C. The Labute approximate surface area is 103 Å². The average molecular weight is 239 g/mol. The molecule has 1 atom stereocenters. The van der Waals surface area contributed by atoms with Gasteiger partial charge in [-0.15, -0.1) is 0 Å². The van der Waals surface area contributed by atoms with Crippen molar-refractivity contribution in [1.29, 1.82) is 0 Å². The Morgan fingerprint density at radius 2 is 2.00 bits per heavy atom. The minimum absolute atomic E-state index is 0.0499. The highest BCUT2D eigenvalue weighted by atomic mass is 19.1. The maximum absolute atomic E-state index is 13.2. The van der Waals surface area contributed by atoms with Gasteiger partial charge in [-0.1, -0.05) is 13.0 Å². The van der Waals surface area contributed by atoms with Crippen LogP contribution in [0.5, 0.6) is 5.75 Å². The fraction of sp³-hybridized carbons (Fsp3) is 0.571. The van der Waals surface area contributed by atoms with Gasteiger partial charge in [0, 0.05) is 17.7 Å². The summed E-state index contributed by atoms with van der Waals surface area (Å²) in [4.78, 5) is 0. The summed E-state index contributed by atoms with van der Waals surface area (Å²) in [6, 6.07) is 4.90. The van der Waals surface area contributed by atoms with Gasteiger partial charge < -0.3 is 10.1 Å². The van der Waals surface area contributed by atoms with Crippen molar-refractivity contribution in [2.24, 2.45) is 0 Å². The van der Waals surface area contributed by atoms with Crippen molar-refractivity contribution in [3.05, 3.63) is 29.6 Å². The van der Waals surface area contributed by atoms with E-state index in [4.69, 9.17) is 4.74 Å². The molecule has 3 heteroatoms. The Hall–Kier alpha value is -1.09. The lowest BCUT2D eigenvalue weighted by molar-refractivity contribution is 0.237. The van der Waals surface area contributed by atoms with E-state index in [-0.39, 0.29) is 18.0 Å². The first kappa shape index (κ1) is 14.0. The third kappa shape index (κ3) is 4.35. The molecule has 0 bridgehead atoms. The largest absolute Gasteiger partial charge is 0.491 e. The Kier molecular flexibility index (Phi) is 5.42. The molecule has 0 amide bonds. The number of halogens is 1. The van der Waals surface area contributed by atoms with Crippen LogP contribution >= 0.6 is 0 Å². The van der Waals surface area contributed by atoms with Crippen LogP contribution < -0.4 is 10.1 Å². The summed E-state index contributed by atoms with van der Waals surface area (Å²) in [5, 5.41) is 3.38. The van der Waals surface area contributed by atoms with Crippen LogP contribution in [0.25, 0.3) is 0 Å². The maximum Gasteiger partial charge on any atom is 0.127 e. The molecule has 96 valence electrons. The summed E-state index contributed by atoms with van der Waals surface area (Å²) in [6.45, 7) is 9.02. The first-order chi connectivity index (χ1) is 8.04. The van der Waals surface area contributed by atoms with Crippen LogP contribution in [0, 0.1) is 5.82 Å². The van der Waals surface area contributed by atoms with Gasteiger partial charge in [-0.25, -0.2) is 4.39 Å². The van der Waals surface area contributed by atoms with E-state index in [9.17, 15) is 4.39 Å². The lowest BCUT2D eigenvalue weighted by Crippen LogP contribution is -2.20. The first-order valence-corrected chi connectivity index (χ1v) is 6.24. The molecule has 1 aromatic rings. The average Bonchev–Trinajstić information content (AvgIpc) is 2.25. The maximum atomic E-state index is 13.2. The van der Waals surface area contributed by atoms with E-state index in [2.05, 4.69) is 19.2 Å². The zero-order valence-corrected chi connectivity index (χ0v) is 11.1. The molecule has 17 heavy (non-hydrogen) atoms. The van der Waals surface area contributed by atoms with E-state index in [1.165, 1.54) is 12.1 Å². The van der Waals surface area contributed by atoms with Crippen LogP contribution in [-0.2, 0) is 0 Å². The topological polar surface area (TPSA) is 21.3 Å². The third-order valence-corrected chi connectivity index (χ3v) is 2.51. The third-order valence-electron chi connectivity index (χ3n) is 2.51. The van der Waals surface area contributed by atoms with E-state index in [0.717, 1.165) is 18.5 Å². The van der Waals surface area contributed by atoms with Crippen LogP contribution in [-0.4, -0.2) is 12.6 Å². The van der Waals surface area contributed by atoms with Crippen molar-refractivity contribution in [2.75, 3.05) is 6.54 Å². The Balaban J connectivity index is 2.88. The van der Waals surface area contributed by atoms with Crippen LogP contribution in [0.15, 0.2) is 18.2 Å². The molecule has 0 radical (unpaired) electrons. The Bertz CT molecular complexity index is 352. The van der Waals surface area contributed by atoms with Gasteiger partial charge in [0.1, 0.15) is 11.6 Å². The normalized spacial score (nSPS) is 12.8. The van der Waals surface area contributed by atoms with Crippen LogP contribution in [0.4, 0.5) is 4.39 Å². The lowest BCUT2D eigenvalue weighted by atomic mass is 10.1. The summed E-state index contributed by atoms with van der Waals surface area (Å²) < 4.78 is 18.9. The molecule has 2 nitrogen and oxygen atoms in total. The lowest BCUT2D eigenvalue weighted by Gasteiger charge is -2.19. The zero-order valence-electron chi connectivity index (χ0n) is 11.1. The van der Waals surface area contributed by atoms with Gasteiger partial charge in [0.05, 0.1) is 6.10 Å². The van der Waals surface area contributed by atoms with Crippen LogP contribution in [0.3, 0.4) is 0 Å². The molecule has 0 aliphatic rings. The Morgan fingerprint density at radius 3 is 2.59 bits per heavy atom. The molecule has 0 saturated heterocycles. The smallest absolute Gasteiger partial charge is 0.127 e. The van der Waals surface area contributed by atoms with Crippen LogP contribution in [0.2, 0.25) is 0 Å². The van der Waals surface area contributed by atoms with Crippen molar-refractivity contribution in [1.82, 2.24) is 5.32 Å². The van der Waals surface area contributed by atoms with E-state index >= 15 is 0 Å². The standard InChI is InChI=1S/C14H22FNO/c1-5-8-16-11(4)13-7-6-12(15)9-14(13)17-10(2)3/h6-7,9-11,16H,5,8H2,1-4H3. The Morgan fingerprint density at radius 1 is 1.29 bits per heavy atom. The minimum atomic E-state index is -0.257. The van der Waals surface area contributed by atoms with Crippen molar-refractivity contribution in [3.63, 3.8) is 0 Å². The second-order valence-electron chi connectivity index (χ2n) is 4.52. The zero-order chi connectivity index (χ0) is 12.8. The van der Waals surface area contributed by atoms with Gasteiger partial charge in [-0.3, -0.25) is 0 Å². The predicted octanol–water partition coefficient (Wildman–Crippen LogP) is 3.67. The number of rotatable bonds is 6. The van der Waals surface area contributed by atoms with Crippen molar-refractivity contribution in [2.45, 2.75) is 46.3 Å². The van der Waals surface area contributed by atoms with E-state index in [1.54, 1.807) is 6.07 Å². The summed E-state index contributed by atoms with van der Waals surface area (Å²) in [5.74, 6) is 0.378. The molecule has 1 rings (SSSR count). The quantitative estimate of drug-likeness (QED) is 0.817. The van der Waals surface area contributed by atoms with Crippen molar-refractivity contribution < 1.29 is 9.13 Å². The molecule has 1 unspecified atom stereocenters. The monoisotopic (exact) mass is 239 g/mol. The molecule has 0 spiro atoms. The molecule has 0 aromatic heterocycles. The van der Waals surface area contributed by atoms with Gasteiger partial charge in [-0.05, 0) is 39.8 Å². The summed E-state index contributed by atoms with van der Waals surface area (Å²) in [5.41, 5.74) is 1.01. The second kappa shape index (κ2) is 6.60. The highest BCUT2D eigenvalue weighted by Crippen LogP contribution is 2.27. The molecule has 1 N–H and O–H groups in total. The highest BCUT2D eigenvalue weighted by Gasteiger charge is 2.13. The van der Waals surface area contributed by atoms with Gasteiger partial charge >= 0.3 is 0 Å². The van der Waals surface area contributed by atoms with Crippen LogP contribution in [0.1, 0.15) is 45.7 Å². The fourth-order valence-electron chi connectivity index (χ4n) is 1.69. The number of hydrogen-bond donors (Lipinski definition) is 1. The number of benzene rings is 1. The predicted molar refractivity (Wildman–Crippen MR) is 68.9 cm³/mol. The van der Waals surface area contributed by atoms with Gasteiger partial charge in [0.25, 0.3) is 0 Å². The second-order valence-corrected chi connectivity index (χ2v) is 4.52. The molecule has 0 saturated carbocycles. The molecular weight excluding hydrogens is 217 g/mol. The van der Waals surface area contributed by atoms with Crippen molar-refractivity contribution >= 4 is 0 Å². The van der Waals surface area contributed by atoms with E-state index in [1.807, 2.05) is 13.8 Å². The minimum Gasteiger partial charge on any atom is -0.491 e. The summed E-state index contributed by atoms with van der Waals surface area (Å²) in [7, 11) is 0. The summed E-state index contributed by atoms with van der Waals surface area (Å²) >= 11 is 0. The van der Waals surface area contributed by atoms with Gasteiger partial charge in [0.2, 0.25) is 0 Å². The molecule has 1 aromatic carbocycles. The molecule has 0 aliphatic heterocycles. The number of hydrogen-bond acceptors (Lipinski definition) is 2. The molecular formula is C14H22FNO. The fourth-order valence-corrected chi connectivity index (χ4v) is 1.69. The molecule has 0 heterocycles. The summed E-state index contributed by atoms with van der Waals surface area (Å²) in [6.07, 6.45) is 1.13. The van der Waals surface area contributed by atoms with E-state index in [0.29, 0.717) is 5.75 Å². The molecule has 0 aliphatic carbocycles. The molecule has 0 fully saturated rings. The van der Waals surface area contributed by atoms with E-state index < -0.39 is 0 Å².